The number of benzene rings is 3. The van der Waals surface area contributed by atoms with Crippen molar-refractivity contribution in [2.75, 3.05) is 27.3 Å². The topological polar surface area (TPSA) is 50.8 Å². The number of ether oxygens (including phenoxy) is 2. The first kappa shape index (κ1) is 22.2. The van der Waals surface area contributed by atoms with Crippen LogP contribution >= 0.6 is 0 Å². The van der Waals surface area contributed by atoms with Gasteiger partial charge in [0.05, 0.1) is 13.7 Å². The van der Waals surface area contributed by atoms with E-state index in [4.69, 9.17) is 9.47 Å². The standard InChI is InChI=1S/C26H29FN2O3/c1-31-17-19-4-6-20-5-3-18(13-22(20)14-19)16-29-11-9-23(10-12-29)28-26(30)21-7-8-25(32-2)24(27)15-21/h3-8,13-15,23H,9-12,16-17H2,1-2H3,(H,28,30). The Bertz CT molecular complexity index is 1090. The third-order valence-electron chi connectivity index (χ3n) is 6.02. The number of rotatable bonds is 7. The van der Waals surface area contributed by atoms with Crippen molar-refractivity contribution < 1.29 is 18.7 Å². The van der Waals surface area contributed by atoms with Gasteiger partial charge in [0.15, 0.2) is 11.6 Å². The summed E-state index contributed by atoms with van der Waals surface area (Å²) in [5.41, 5.74) is 2.77. The van der Waals surface area contributed by atoms with E-state index >= 15 is 0 Å². The molecule has 32 heavy (non-hydrogen) atoms. The maximum Gasteiger partial charge on any atom is 0.251 e. The van der Waals surface area contributed by atoms with Crippen molar-refractivity contribution in [3.8, 4) is 5.75 Å². The SMILES string of the molecule is COCc1ccc2ccc(CN3CCC(NC(=O)c4ccc(OC)c(F)c4)CC3)cc2c1. The van der Waals surface area contributed by atoms with Crippen LogP contribution in [0, 0.1) is 5.82 Å². The molecule has 0 spiro atoms. The largest absolute Gasteiger partial charge is 0.494 e. The number of carbonyl (C=O) groups is 1. The van der Waals surface area contributed by atoms with Crippen LogP contribution in [-0.4, -0.2) is 44.2 Å². The Balaban J connectivity index is 1.31. The Kier molecular flexibility index (Phi) is 7.02. The van der Waals surface area contributed by atoms with E-state index in [1.807, 2.05) is 0 Å². The van der Waals surface area contributed by atoms with Crippen LogP contribution in [0.3, 0.4) is 0 Å². The van der Waals surface area contributed by atoms with Crippen LogP contribution in [0.5, 0.6) is 5.75 Å². The smallest absolute Gasteiger partial charge is 0.251 e. The Labute approximate surface area is 188 Å². The molecule has 1 amide bonds. The highest BCUT2D eigenvalue weighted by molar-refractivity contribution is 5.94. The third-order valence-corrected chi connectivity index (χ3v) is 6.02. The molecule has 0 aliphatic carbocycles. The molecule has 1 heterocycles. The summed E-state index contributed by atoms with van der Waals surface area (Å²) in [4.78, 5) is 14.9. The second kappa shape index (κ2) is 10.1. The lowest BCUT2D eigenvalue weighted by atomic mass is 10.0. The second-order valence-corrected chi connectivity index (χ2v) is 8.32. The van der Waals surface area contributed by atoms with E-state index in [1.165, 1.54) is 41.1 Å². The Morgan fingerprint density at radius 2 is 1.72 bits per heavy atom. The molecule has 1 saturated heterocycles. The molecule has 168 valence electrons. The first-order chi connectivity index (χ1) is 15.6. The minimum absolute atomic E-state index is 0.0946. The molecule has 0 saturated carbocycles. The Morgan fingerprint density at radius 1 is 1.00 bits per heavy atom. The molecule has 0 unspecified atom stereocenters. The molecule has 1 N–H and O–H groups in total. The normalized spacial score (nSPS) is 15.1. The highest BCUT2D eigenvalue weighted by atomic mass is 19.1. The zero-order chi connectivity index (χ0) is 22.5. The van der Waals surface area contributed by atoms with Crippen LogP contribution in [0.25, 0.3) is 10.8 Å². The molecule has 0 bridgehead atoms. The van der Waals surface area contributed by atoms with E-state index < -0.39 is 5.82 Å². The monoisotopic (exact) mass is 436 g/mol. The zero-order valence-electron chi connectivity index (χ0n) is 18.6. The maximum absolute atomic E-state index is 13.9. The van der Waals surface area contributed by atoms with Crippen molar-refractivity contribution in [2.24, 2.45) is 0 Å². The van der Waals surface area contributed by atoms with Crippen molar-refractivity contribution >= 4 is 16.7 Å². The predicted molar refractivity (Wildman–Crippen MR) is 123 cm³/mol. The fourth-order valence-electron chi connectivity index (χ4n) is 4.27. The summed E-state index contributed by atoms with van der Waals surface area (Å²) >= 11 is 0. The summed E-state index contributed by atoms with van der Waals surface area (Å²) in [6.45, 7) is 3.31. The molecule has 0 radical (unpaired) electrons. The number of nitrogens with one attached hydrogen (secondary N) is 1. The highest BCUT2D eigenvalue weighted by Crippen LogP contribution is 2.22. The van der Waals surface area contributed by atoms with Gasteiger partial charge in [0.25, 0.3) is 5.91 Å². The van der Waals surface area contributed by atoms with Gasteiger partial charge in [0, 0.05) is 38.3 Å². The van der Waals surface area contributed by atoms with E-state index in [1.54, 1.807) is 13.2 Å². The van der Waals surface area contributed by atoms with Gasteiger partial charge in [-0.05, 0) is 65.1 Å². The fourth-order valence-corrected chi connectivity index (χ4v) is 4.27. The summed E-state index contributed by atoms with van der Waals surface area (Å²) in [7, 11) is 3.12. The van der Waals surface area contributed by atoms with Crippen LogP contribution in [0.1, 0.15) is 34.3 Å². The molecule has 0 atom stereocenters. The van der Waals surface area contributed by atoms with E-state index in [-0.39, 0.29) is 17.7 Å². The molecule has 1 fully saturated rings. The number of carbonyl (C=O) groups excluding carboxylic acids is 1. The van der Waals surface area contributed by atoms with Crippen LogP contribution in [-0.2, 0) is 17.9 Å². The number of halogens is 1. The van der Waals surface area contributed by atoms with Crippen molar-refractivity contribution in [3.05, 3.63) is 77.1 Å². The number of hydrogen-bond donors (Lipinski definition) is 1. The molecule has 4 rings (SSSR count). The minimum Gasteiger partial charge on any atom is -0.494 e. The molecule has 1 aliphatic rings. The average molecular weight is 437 g/mol. The summed E-state index contributed by atoms with van der Waals surface area (Å²) in [6.07, 6.45) is 1.74. The maximum atomic E-state index is 13.9. The van der Waals surface area contributed by atoms with E-state index in [0.717, 1.165) is 32.5 Å². The van der Waals surface area contributed by atoms with Gasteiger partial charge in [-0.15, -0.1) is 0 Å². The van der Waals surface area contributed by atoms with Gasteiger partial charge >= 0.3 is 0 Å². The average Bonchev–Trinajstić information content (AvgIpc) is 2.80. The Hall–Kier alpha value is -2.96. The summed E-state index contributed by atoms with van der Waals surface area (Å²) in [5.74, 6) is -0.635. The van der Waals surface area contributed by atoms with Crippen molar-refractivity contribution in [1.29, 1.82) is 0 Å². The Morgan fingerprint density at radius 3 is 2.41 bits per heavy atom. The van der Waals surface area contributed by atoms with Crippen LogP contribution < -0.4 is 10.1 Å². The number of likely N-dealkylation sites (tertiary alicyclic amines) is 1. The molecule has 1 aliphatic heterocycles. The van der Waals surface area contributed by atoms with Gasteiger partial charge in [0.1, 0.15) is 0 Å². The van der Waals surface area contributed by atoms with E-state index in [0.29, 0.717) is 12.2 Å². The zero-order valence-corrected chi connectivity index (χ0v) is 18.6. The van der Waals surface area contributed by atoms with Gasteiger partial charge in [0.2, 0.25) is 0 Å². The van der Waals surface area contributed by atoms with E-state index in [2.05, 4.69) is 46.6 Å². The van der Waals surface area contributed by atoms with Gasteiger partial charge in [-0.25, -0.2) is 4.39 Å². The lowest BCUT2D eigenvalue weighted by Crippen LogP contribution is -2.44. The second-order valence-electron chi connectivity index (χ2n) is 8.32. The molecule has 3 aromatic rings. The van der Waals surface area contributed by atoms with Crippen molar-refractivity contribution in [2.45, 2.75) is 32.0 Å². The molecule has 6 heteroatoms. The number of methoxy groups -OCH3 is 2. The molecular formula is C26H29FN2O3. The first-order valence-corrected chi connectivity index (χ1v) is 10.9. The van der Waals surface area contributed by atoms with Crippen molar-refractivity contribution in [1.82, 2.24) is 10.2 Å². The quantitative estimate of drug-likeness (QED) is 0.591. The molecule has 0 aromatic heterocycles. The van der Waals surface area contributed by atoms with Crippen LogP contribution in [0.2, 0.25) is 0 Å². The molecule has 3 aromatic carbocycles. The highest BCUT2D eigenvalue weighted by Gasteiger charge is 2.22. The third kappa shape index (κ3) is 5.26. The number of hydrogen-bond acceptors (Lipinski definition) is 4. The number of piperidine rings is 1. The van der Waals surface area contributed by atoms with Crippen LogP contribution in [0.4, 0.5) is 4.39 Å². The number of amides is 1. The number of fused-ring (bicyclic) bond motifs is 1. The lowest BCUT2D eigenvalue weighted by molar-refractivity contribution is 0.0908. The van der Waals surface area contributed by atoms with Gasteiger partial charge < -0.3 is 14.8 Å². The van der Waals surface area contributed by atoms with Crippen LogP contribution in [0.15, 0.2) is 54.6 Å². The van der Waals surface area contributed by atoms with Gasteiger partial charge in [-0.2, -0.15) is 0 Å². The van der Waals surface area contributed by atoms with Crippen molar-refractivity contribution in [3.63, 3.8) is 0 Å². The van der Waals surface area contributed by atoms with Gasteiger partial charge in [-0.3, -0.25) is 9.69 Å². The summed E-state index contributed by atoms with van der Waals surface area (Å²) < 4.78 is 24.0. The predicted octanol–water partition coefficient (Wildman–Crippen LogP) is 4.53. The minimum atomic E-state index is -0.528. The molecule has 5 nitrogen and oxygen atoms in total. The fraction of sp³-hybridized carbons (Fsp3) is 0.346. The lowest BCUT2D eigenvalue weighted by Gasteiger charge is -2.32. The molecular weight excluding hydrogens is 407 g/mol. The summed E-state index contributed by atoms with van der Waals surface area (Å²) in [6, 6.07) is 17.4. The summed E-state index contributed by atoms with van der Waals surface area (Å²) in [5, 5.41) is 5.50. The number of nitrogens with zero attached hydrogens (tertiary/aromatic N) is 1. The van der Waals surface area contributed by atoms with E-state index in [9.17, 15) is 9.18 Å². The first-order valence-electron chi connectivity index (χ1n) is 10.9. The van der Waals surface area contributed by atoms with Gasteiger partial charge in [-0.1, -0.05) is 24.3 Å².